The molecular formula is C14H9F3O3. The molecule has 0 heterocycles. The van der Waals surface area contributed by atoms with E-state index in [0.717, 1.165) is 12.1 Å². The zero-order valence-electron chi connectivity index (χ0n) is 10.0. The van der Waals surface area contributed by atoms with Crippen LogP contribution in [0.3, 0.4) is 0 Å². The average molecular weight is 282 g/mol. The van der Waals surface area contributed by atoms with E-state index in [-0.39, 0.29) is 16.9 Å². The van der Waals surface area contributed by atoms with Crippen molar-refractivity contribution in [2.75, 3.05) is 0 Å². The van der Waals surface area contributed by atoms with E-state index in [1.54, 1.807) is 0 Å². The lowest BCUT2D eigenvalue weighted by Crippen LogP contribution is -2.05. The van der Waals surface area contributed by atoms with Crippen LogP contribution in [0.4, 0.5) is 13.2 Å². The first-order valence-corrected chi connectivity index (χ1v) is 5.55. The normalized spacial score (nSPS) is 10.6. The molecule has 0 unspecified atom stereocenters. The maximum Gasteiger partial charge on any atom is 0.387 e. The van der Waals surface area contributed by atoms with Crippen LogP contribution in [-0.2, 0) is 0 Å². The first-order chi connectivity index (χ1) is 9.47. The number of alkyl halides is 2. The molecule has 2 aromatic carbocycles. The third kappa shape index (κ3) is 3.09. The van der Waals surface area contributed by atoms with E-state index < -0.39 is 18.4 Å². The molecule has 0 amide bonds. The molecule has 0 fully saturated rings. The summed E-state index contributed by atoms with van der Waals surface area (Å²) in [6.45, 7) is -3.11. The number of rotatable bonds is 4. The summed E-state index contributed by atoms with van der Waals surface area (Å²) >= 11 is 0. The van der Waals surface area contributed by atoms with E-state index in [0.29, 0.717) is 5.56 Å². The Balaban J connectivity index is 2.53. The van der Waals surface area contributed by atoms with Crippen LogP contribution >= 0.6 is 0 Å². The van der Waals surface area contributed by atoms with Gasteiger partial charge in [0.25, 0.3) is 0 Å². The summed E-state index contributed by atoms with van der Waals surface area (Å²) in [5.41, 5.74) is 0.313. The van der Waals surface area contributed by atoms with Gasteiger partial charge in [-0.05, 0) is 35.9 Å². The van der Waals surface area contributed by atoms with Crippen LogP contribution < -0.4 is 4.74 Å². The van der Waals surface area contributed by atoms with Crippen molar-refractivity contribution in [1.29, 1.82) is 0 Å². The van der Waals surface area contributed by atoms with Gasteiger partial charge in [-0.2, -0.15) is 8.78 Å². The predicted molar refractivity (Wildman–Crippen MR) is 65.4 cm³/mol. The lowest BCUT2D eigenvalue weighted by Gasteiger charge is -2.12. The molecule has 0 aromatic heterocycles. The number of benzene rings is 2. The molecule has 0 spiro atoms. The van der Waals surface area contributed by atoms with Crippen molar-refractivity contribution in [3.05, 3.63) is 53.8 Å². The number of aromatic carboxylic acids is 1. The second kappa shape index (κ2) is 5.64. The second-order valence-corrected chi connectivity index (χ2v) is 3.90. The van der Waals surface area contributed by atoms with Crippen molar-refractivity contribution < 1.29 is 27.8 Å². The van der Waals surface area contributed by atoms with Gasteiger partial charge in [-0.25, -0.2) is 9.18 Å². The minimum absolute atomic E-state index is 0.190. The van der Waals surface area contributed by atoms with Gasteiger partial charge >= 0.3 is 12.6 Å². The average Bonchev–Trinajstić information content (AvgIpc) is 2.37. The number of halogens is 3. The van der Waals surface area contributed by atoms with Crippen molar-refractivity contribution in [3.8, 4) is 16.9 Å². The number of ether oxygens (including phenoxy) is 1. The Morgan fingerprint density at radius 2 is 1.90 bits per heavy atom. The Morgan fingerprint density at radius 1 is 1.15 bits per heavy atom. The smallest absolute Gasteiger partial charge is 0.387 e. The molecule has 0 aliphatic heterocycles. The van der Waals surface area contributed by atoms with Gasteiger partial charge in [0.05, 0.1) is 5.56 Å². The molecule has 0 aliphatic carbocycles. The zero-order valence-corrected chi connectivity index (χ0v) is 10.0. The maximum absolute atomic E-state index is 13.2. The summed E-state index contributed by atoms with van der Waals surface area (Å²) in [5, 5.41) is 8.85. The molecule has 0 saturated carbocycles. The lowest BCUT2D eigenvalue weighted by molar-refractivity contribution is -0.0495. The number of carboxylic acid groups (broad SMARTS) is 1. The highest BCUT2D eigenvalue weighted by molar-refractivity contribution is 5.89. The molecule has 0 saturated heterocycles. The van der Waals surface area contributed by atoms with Gasteiger partial charge in [0.2, 0.25) is 0 Å². The summed E-state index contributed by atoms with van der Waals surface area (Å²) in [6.07, 6.45) is 0. The highest BCUT2D eigenvalue weighted by atomic mass is 19.3. The summed E-state index contributed by atoms with van der Waals surface area (Å²) in [6, 6.07) is 8.81. The van der Waals surface area contributed by atoms with Crippen LogP contribution in [0, 0.1) is 5.82 Å². The highest BCUT2D eigenvalue weighted by Crippen LogP contribution is 2.32. The highest BCUT2D eigenvalue weighted by Gasteiger charge is 2.15. The maximum atomic E-state index is 13.2. The topological polar surface area (TPSA) is 46.5 Å². The molecule has 0 radical (unpaired) electrons. The number of carboxylic acids is 1. The predicted octanol–water partition coefficient (Wildman–Crippen LogP) is 3.79. The standard InChI is InChI=1S/C14H9F3O3/c15-10-3-1-2-8(6-10)11-5-4-9(13(18)19)7-12(11)20-14(16)17/h1-7,14H,(H,18,19). The third-order valence-corrected chi connectivity index (χ3v) is 2.58. The Labute approximate surface area is 112 Å². The molecule has 0 aliphatic rings. The summed E-state index contributed by atoms with van der Waals surface area (Å²) in [5.74, 6) is -2.12. The SMILES string of the molecule is O=C(O)c1ccc(-c2cccc(F)c2)c(OC(F)F)c1. The minimum atomic E-state index is -3.11. The van der Waals surface area contributed by atoms with Crippen molar-refractivity contribution in [2.45, 2.75) is 6.61 Å². The Morgan fingerprint density at radius 3 is 2.50 bits per heavy atom. The largest absolute Gasteiger partial charge is 0.478 e. The van der Waals surface area contributed by atoms with Crippen LogP contribution in [0.15, 0.2) is 42.5 Å². The molecule has 3 nitrogen and oxygen atoms in total. The minimum Gasteiger partial charge on any atom is -0.478 e. The van der Waals surface area contributed by atoms with Crippen molar-refractivity contribution >= 4 is 5.97 Å². The fourth-order valence-corrected chi connectivity index (χ4v) is 1.74. The van der Waals surface area contributed by atoms with E-state index in [1.807, 2.05) is 0 Å². The Kier molecular flexibility index (Phi) is 3.93. The van der Waals surface area contributed by atoms with Gasteiger partial charge < -0.3 is 9.84 Å². The van der Waals surface area contributed by atoms with Crippen LogP contribution in [0.2, 0.25) is 0 Å². The van der Waals surface area contributed by atoms with Crippen molar-refractivity contribution in [3.63, 3.8) is 0 Å². The summed E-state index contributed by atoms with van der Waals surface area (Å²) < 4.78 is 42.3. The van der Waals surface area contributed by atoms with Gasteiger partial charge in [-0.3, -0.25) is 0 Å². The first-order valence-electron chi connectivity index (χ1n) is 5.55. The third-order valence-electron chi connectivity index (χ3n) is 2.58. The molecular weight excluding hydrogens is 273 g/mol. The molecule has 20 heavy (non-hydrogen) atoms. The molecule has 6 heteroatoms. The van der Waals surface area contributed by atoms with Gasteiger partial charge in [0, 0.05) is 5.56 Å². The molecule has 2 rings (SSSR count). The summed E-state index contributed by atoms with van der Waals surface area (Å²) in [4.78, 5) is 10.8. The van der Waals surface area contributed by atoms with E-state index in [2.05, 4.69) is 4.74 Å². The van der Waals surface area contributed by atoms with Crippen molar-refractivity contribution in [2.24, 2.45) is 0 Å². The molecule has 1 N–H and O–H groups in total. The van der Waals surface area contributed by atoms with Crippen LogP contribution in [0.25, 0.3) is 11.1 Å². The number of hydrogen-bond donors (Lipinski definition) is 1. The van der Waals surface area contributed by atoms with Crippen LogP contribution in [0.1, 0.15) is 10.4 Å². The van der Waals surface area contributed by atoms with E-state index in [1.165, 1.54) is 30.3 Å². The van der Waals surface area contributed by atoms with Gasteiger partial charge in [0.15, 0.2) is 0 Å². The molecule has 0 atom stereocenters. The number of carbonyl (C=O) groups is 1. The fourth-order valence-electron chi connectivity index (χ4n) is 1.74. The first kappa shape index (κ1) is 13.9. The van der Waals surface area contributed by atoms with Crippen LogP contribution in [-0.4, -0.2) is 17.7 Å². The van der Waals surface area contributed by atoms with E-state index in [9.17, 15) is 18.0 Å². The van der Waals surface area contributed by atoms with E-state index >= 15 is 0 Å². The van der Waals surface area contributed by atoms with Gasteiger partial charge in [0.1, 0.15) is 11.6 Å². The monoisotopic (exact) mass is 282 g/mol. The van der Waals surface area contributed by atoms with Gasteiger partial charge in [-0.1, -0.05) is 12.1 Å². The van der Waals surface area contributed by atoms with Crippen LogP contribution in [0.5, 0.6) is 5.75 Å². The van der Waals surface area contributed by atoms with Gasteiger partial charge in [-0.15, -0.1) is 0 Å². The quantitative estimate of drug-likeness (QED) is 0.928. The lowest BCUT2D eigenvalue weighted by atomic mass is 10.0. The molecule has 0 bridgehead atoms. The summed E-state index contributed by atoms with van der Waals surface area (Å²) in [7, 11) is 0. The number of hydrogen-bond acceptors (Lipinski definition) is 2. The Hall–Kier alpha value is -2.50. The van der Waals surface area contributed by atoms with E-state index in [4.69, 9.17) is 5.11 Å². The molecule has 104 valence electrons. The molecule has 2 aromatic rings. The van der Waals surface area contributed by atoms with Crippen molar-refractivity contribution in [1.82, 2.24) is 0 Å². The Bertz CT molecular complexity index is 641. The fraction of sp³-hybridized carbons (Fsp3) is 0.0714. The zero-order chi connectivity index (χ0) is 14.7. The second-order valence-electron chi connectivity index (χ2n) is 3.90.